The molecule has 0 bridgehead atoms. The lowest BCUT2D eigenvalue weighted by molar-refractivity contribution is 0.102. The molecular formula is C19H26N4O. The zero-order chi connectivity index (χ0) is 17.7. The summed E-state index contributed by atoms with van der Waals surface area (Å²) in [5, 5.41) is 2.96. The van der Waals surface area contributed by atoms with E-state index in [0.29, 0.717) is 11.5 Å². The fourth-order valence-electron chi connectivity index (χ4n) is 2.43. The van der Waals surface area contributed by atoms with Crippen LogP contribution in [-0.2, 0) is 0 Å². The summed E-state index contributed by atoms with van der Waals surface area (Å²) in [6, 6.07) is 7.75. The molecule has 0 radical (unpaired) electrons. The molecule has 128 valence electrons. The lowest BCUT2D eigenvalue weighted by Crippen LogP contribution is -2.22. The van der Waals surface area contributed by atoms with Crippen molar-refractivity contribution in [3.8, 4) is 0 Å². The van der Waals surface area contributed by atoms with Crippen molar-refractivity contribution >= 4 is 17.4 Å². The molecule has 5 nitrogen and oxygen atoms in total. The summed E-state index contributed by atoms with van der Waals surface area (Å²) in [5.74, 6) is 1.17. The molecule has 0 aliphatic heterocycles. The molecule has 1 amide bonds. The summed E-state index contributed by atoms with van der Waals surface area (Å²) in [6.45, 7) is 8.86. The van der Waals surface area contributed by atoms with Gasteiger partial charge in [-0.2, -0.15) is 0 Å². The van der Waals surface area contributed by atoms with Crippen LogP contribution in [0.4, 0.5) is 11.5 Å². The summed E-state index contributed by atoms with van der Waals surface area (Å²) in [4.78, 5) is 23.4. The lowest BCUT2D eigenvalue weighted by atomic mass is 10.1. The van der Waals surface area contributed by atoms with Crippen molar-refractivity contribution < 1.29 is 4.79 Å². The number of nitrogens with one attached hydrogen (secondary N) is 1. The Hall–Kier alpha value is -2.43. The van der Waals surface area contributed by atoms with Crippen molar-refractivity contribution in [2.75, 3.05) is 23.8 Å². The molecule has 0 aliphatic rings. The molecule has 0 aliphatic carbocycles. The van der Waals surface area contributed by atoms with Gasteiger partial charge in [-0.25, -0.2) is 9.97 Å². The molecule has 0 atom stereocenters. The molecule has 1 heterocycles. The van der Waals surface area contributed by atoms with Gasteiger partial charge in [-0.3, -0.25) is 4.79 Å². The van der Waals surface area contributed by atoms with E-state index in [1.54, 1.807) is 6.07 Å². The zero-order valence-corrected chi connectivity index (χ0v) is 15.2. The maximum atomic E-state index is 12.6. The Morgan fingerprint density at radius 2 is 1.92 bits per heavy atom. The normalized spacial score (nSPS) is 10.5. The molecule has 0 unspecified atom stereocenters. The Labute approximate surface area is 144 Å². The van der Waals surface area contributed by atoms with E-state index >= 15 is 0 Å². The Bertz CT molecular complexity index is 727. The minimum atomic E-state index is -0.209. The van der Waals surface area contributed by atoms with E-state index in [2.05, 4.69) is 27.1 Å². The minimum absolute atomic E-state index is 0.209. The lowest BCUT2D eigenvalue weighted by Gasteiger charge is -2.18. The molecule has 0 saturated carbocycles. The number of rotatable bonds is 6. The number of benzene rings is 1. The van der Waals surface area contributed by atoms with Crippen molar-refractivity contribution in [1.82, 2.24) is 9.97 Å². The van der Waals surface area contributed by atoms with Crippen LogP contribution in [0.3, 0.4) is 0 Å². The maximum absolute atomic E-state index is 12.6. The van der Waals surface area contributed by atoms with Crippen molar-refractivity contribution in [3.63, 3.8) is 0 Å². The third kappa shape index (κ3) is 4.54. The highest BCUT2D eigenvalue weighted by Crippen LogP contribution is 2.18. The number of aromatic nitrogens is 2. The van der Waals surface area contributed by atoms with E-state index in [-0.39, 0.29) is 5.91 Å². The van der Waals surface area contributed by atoms with E-state index in [4.69, 9.17) is 0 Å². The summed E-state index contributed by atoms with van der Waals surface area (Å²) < 4.78 is 0. The van der Waals surface area contributed by atoms with Gasteiger partial charge in [-0.15, -0.1) is 0 Å². The Morgan fingerprint density at radius 1 is 1.17 bits per heavy atom. The Kier molecular flexibility index (Phi) is 5.90. The van der Waals surface area contributed by atoms with Crippen LogP contribution in [-0.4, -0.2) is 29.5 Å². The van der Waals surface area contributed by atoms with Gasteiger partial charge in [0.25, 0.3) is 5.91 Å². The minimum Gasteiger partial charge on any atom is -0.360 e. The third-order valence-corrected chi connectivity index (χ3v) is 3.94. The van der Waals surface area contributed by atoms with E-state index in [1.807, 2.05) is 46.0 Å². The Balaban J connectivity index is 2.23. The van der Waals surface area contributed by atoms with Gasteiger partial charge >= 0.3 is 0 Å². The number of unbranched alkanes of at least 4 members (excludes halogenated alkanes) is 1. The third-order valence-electron chi connectivity index (χ3n) is 3.94. The highest BCUT2D eigenvalue weighted by atomic mass is 16.1. The fourth-order valence-corrected chi connectivity index (χ4v) is 2.43. The first-order chi connectivity index (χ1) is 11.4. The number of hydrogen-bond acceptors (Lipinski definition) is 4. The molecule has 0 saturated heterocycles. The molecule has 1 aromatic carbocycles. The number of carbonyl (C=O) groups is 1. The monoisotopic (exact) mass is 326 g/mol. The first-order valence-electron chi connectivity index (χ1n) is 8.36. The maximum Gasteiger partial charge on any atom is 0.274 e. The van der Waals surface area contributed by atoms with E-state index in [1.165, 1.54) is 0 Å². The number of nitrogens with zero attached hydrogens (tertiary/aromatic N) is 3. The van der Waals surface area contributed by atoms with Gasteiger partial charge in [0.15, 0.2) is 0 Å². The first kappa shape index (κ1) is 17.9. The summed E-state index contributed by atoms with van der Waals surface area (Å²) in [5.41, 5.74) is 3.34. The van der Waals surface area contributed by atoms with Crippen molar-refractivity contribution in [1.29, 1.82) is 0 Å². The molecule has 24 heavy (non-hydrogen) atoms. The number of anilines is 2. The van der Waals surface area contributed by atoms with Crippen LogP contribution in [0.15, 0.2) is 24.3 Å². The molecule has 1 N–H and O–H groups in total. The molecule has 2 aromatic rings. The molecular weight excluding hydrogens is 300 g/mol. The van der Waals surface area contributed by atoms with Gasteiger partial charge < -0.3 is 10.2 Å². The summed E-state index contributed by atoms with van der Waals surface area (Å²) in [7, 11) is 1.99. The van der Waals surface area contributed by atoms with Crippen LogP contribution < -0.4 is 10.2 Å². The van der Waals surface area contributed by atoms with Gasteiger partial charge in [0.2, 0.25) is 0 Å². The van der Waals surface area contributed by atoms with Gasteiger partial charge in [0.1, 0.15) is 17.3 Å². The predicted molar refractivity (Wildman–Crippen MR) is 98.8 cm³/mol. The van der Waals surface area contributed by atoms with Crippen LogP contribution in [0.1, 0.15) is 47.2 Å². The van der Waals surface area contributed by atoms with Crippen LogP contribution in [0.2, 0.25) is 0 Å². The largest absolute Gasteiger partial charge is 0.360 e. The predicted octanol–water partition coefficient (Wildman–Crippen LogP) is 3.89. The smallest absolute Gasteiger partial charge is 0.274 e. The Morgan fingerprint density at radius 3 is 2.62 bits per heavy atom. The summed E-state index contributed by atoms with van der Waals surface area (Å²) >= 11 is 0. The van der Waals surface area contributed by atoms with Crippen LogP contribution in [0.25, 0.3) is 0 Å². The average molecular weight is 326 g/mol. The zero-order valence-electron chi connectivity index (χ0n) is 15.2. The fraction of sp³-hybridized carbons (Fsp3) is 0.421. The van der Waals surface area contributed by atoms with Crippen molar-refractivity contribution in [2.45, 2.75) is 40.5 Å². The SMILES string of the molecule is CCCCN(C)c1cc(C(=O)Nc2cc(C)ccc2C)nc(C)n1. The van der Waals surface area contributed by atoms with Crippen LogP contribution >= 0.6 is 0 Å². The molecule has 2 rings (SSSR count). The highest BCUT2D eigenvalue weighted by molar-refractivity contribution is 6.03. The quantitative estimate of drug-likeness (QED) is 0.875. The van der Waals surface area contributed by atoms with Gasteiger partial charge in [0, 0.05) is 25.3 Å². The number of amides is 1. The molecule has 0 spiro atoms. The van der Waals surface area contributed by atoms with E-state index in [0.717, 1.165) is 42.0 Å². The molecule has 0 fully saturated rings. The van der Waals surface area contributed by atoms with Gasteiger partial charge in [0.05, 0.1) is 0 Å². The van der Waals surface area contributed by atoms with Crippen molar-refractivity contribution in [2.24, 2.45) is 0 Å². The second-order valence-electron chi connectivity index (χ2n) is 6.21. The molecule has 5 heteroatoms. The van der Waals surface area contributed by atoms with Gasteiger partial charge in [-0.1, -0.05) is 25.5 Å². The van der Waals surface area contributed by atoms with E-state index < -0.39 is 0 Å². The number of carbonyl (C=O) groups excluding carboxylic acids is 1. The molecule has 1 aromatic heterocycles. The van der Waals surface area contributed by atoms with E-state index in [9.17, 15) is 4.79 Å². The van der Waals surface area contributed by atoms with Gasteiger partial charge in [-0.05, 0) is 44.4 Å². The first-order valence-corrected chi connectivity index (χ1v) is 8.36. The second-order valence-corrected chi connectivity index (χ2v) is 6.21. The second kappa shape index (κ2) is 7.90. The average Bonchev–Trinajstić information content (AvgIpc) is 2.55. The standard InChI is InChI=1S/C19H26N4O/c1-6-7-10-23(5)18-12-17(20-15(4)21-18)19(24)22-16-11-13(2)8-9-14(16)3/h8-9,11-12H,6-7,10H2,1-5H3,(H,22,24). The topological polar surface area (TPSA) is 58.1 Å². The number of hydrogen-bond donors (Lipinski definition) is 1. The van der Waals surface area contributed by atoms with Crippen LogP contribution in [0, 0.1) is 20.8 Å². The van der Waals surface area contributed by atoms with Crippen LogP contribution in [0.5, 0.6) is 0 Å². The number of aryl methyl sites for hydroxylation is 3. The van der Waals surface area contributed by atoms with Crippen molar-refractivity contribution in [3.05, 3.63) is 46.9 Å². The summed E-state index contributed by atoms with van der Waals surface area (Å²) in [6.07, 6.45) is 2.21. The highest BCUT2D eigenvalue weighted by Gasteiger charge is 2.14.